The van der Waals surface area contributed by atoms with Crippen LogP contribution < -0.4 is 15.4 Å². The summed E-state index contributed by atoms with van der Waals surface area (Å²) in [6.07, 6.45) is 2.48. The van der Waals surface area contributed by atoms with Gasteiger partial charge in [0.15, 0.2) is 0 Å². The van der Waals surface area contributed by atoms with Crippen LogP contribution in [0.3, 0.4) is 0 Å². The lowest BCUT2D eigenvalue weighted by Gasteiger charge is -2.16. The van der Waals surface area contributed by atoms with Crippen LogP contribution >= 0.6 is 0 Å². The lowest BCUT2D eigenvalue weighted by molar-refractivity contribution is 0.0222. The molecule has 2 N–H and O–H groups in total. The number of hydrogen-bond donors (Lipinski definition) is 1. The van der Waals surface area contributed by atoms with Crippen molar-refractivity contribution in [2.24, 2.45) is 5.73 Å². The maximum atomic E-state index is 5.78. The molecule has 1 fully saturated rings. The second-order valence-electron chi connectivity index (χ2n) is 4.90. The number of rotatable bonds is 5. The van der Waals surface area contributed by atoms with Crippen molar-refractivity contribution in [1.82, 2.24) is 0 Å². The molecule has 0 aliphatic carbocycles. The third kappa shape index (κ3) is 3.37. The summed E-state index contributed by atoms with van der Waals surface area (Å²) in [4.78, 5) is 2.06. The Kier molecular flexibility index (Phi) is 4.44. The van der Waals surface area contributed by atoms with E-state index in [1.807, 2.05) is 32.3 Å². The van der Waals surface area contributed by atoms with Crippen LogP contribution in [-0.2, 0) is 4.74 Å². The van der Waals surface area contributed by atoms with Crippen LogP contribution in [-0.4, -0.2) is 39.5 Å². The predicted octanol–water partition coefficient (Wildman–Crippen LogP) is 1.64. The Labute approximate surface area is 109 Å². The molecule has 1 aliphatic heterocycles. The molecule has 1 aromatic carbocycles. The van der Waals surface area contributed by atoms with Gasteiger partial charge in [0, 0.05) is 32.4 Å². The summed E-state index contributed by atoms with van der Waals surface area (Å²) in [5, 5.41) is 0. The smallest absolute Gasteiger partial charge is 0.121 e. The zero-order valence-corrected chi connectivity index (χ0v) is 11.1. The van der Waals surface area contributed by atoms with Crippen molar-refractivity contribution in [3.05, 3.63) is 24.3 Å². The molecule has 2 unspecified atom stereocenters. The van der Waals surface area contributed by atoms with Crippen LogP contribution in [0.25, 0.3) is 0 Å². The lowest BCUT2D eigenvalue weighted by atomic mass is 10.2. The summed E-state index contributed by atoms with van der Waals surface area (Å²) < 4.78 is 11.5. The standard InChI is InChI=1S/C14H22N2O2/c1-16(2)11-4-3-5-12(8-11)17-10-14-7-6-13(9-15)18-14/h3-5,8,13-14H,6-7,9-10,15H2,1-2H3. The van der Waals surface area contributed by atoms with Crippen molar-refractivity contribution in [2.45, 2.75) is 25.0 Å². The van der Waals surface area contributed by atoms with Gasteiger partial charge in [-0.2, -0.15) is 0 Å². The van der Waals surface area contributed by atoms with E-state index in [-0.39, 0.29) is 12.2 Å². The average molecular weight is 250 g/mol. The summed E-state index contributed by atoms with van der Waals surface area (Å²) >= 11 is 0. The molecule has 0 saturated carbocycles. The van der Waals surface area contributed by atoms with Crippen molar-refractivity contribution in [1.29, 1.82) is 0 Å². The fourth-order valence-electron chi connectivity index (χ4n) is 2.12. The van der Waals surface area contributed by atoms with E-state index in [0.29, 0.717) is 13.2 Å². The van der Waals surface area contributed by atoms with E-state index in [9.17, 15) is 0 Å². The van der Waals surface area contributed by atoms with Gasteiger partial charge in [-0.1, -0.05) is 6.07 Å². The topological polar surface area (TPSA) is 47.7 Å². The highest BCUT2D eigenvalue weighted by molar-refractivity contribution is 5.49. The van der Waals surface area contributed by atoms with E-state index in [1.165, 1.54) is 0 Å². The normalized spacial score (nSPS) is 23.1. The van der Waals surface area contributed by atoms with Crippen LogP contribution in [0.1, 0.15) is 12.8 Å². The van der Waals surface area contributed by atoms with E-state index in [4.69, 9.17) is 15.2 Å². The van der Waals surface area contributed by atoms with E-state index in [2.05, 4.69) is 11.0 Å². The summed E-state index contributed by atoms with van der Waals surface area (Å²) in [6.45, 7) is 1.21. The SMILES string of the molecule is CN(C)c1cccc(OCC2CCC(CN)O2)c1. The van der Waals surface area contributed by atoms with E-state index in [1.54, 1.807) is 0 Å². The molecular formula is C14H22N2O2. The Morgan fingerprint density at radius 1 is 1.33 bits per heavy atom. The zero-order chi connectivity index (χ0) is 13.0. The average Bonchev–Trinajstić information content (AvgIpc) is 2.84. The fourth-order valence-corrected chi connectivity index (χ4v) is 2.12. The minimum Gasteiger partial charge on any atom is -0.491 e. The zero-order valence-electron chi connectivity index (χ0n) is 11.1. The third-order valence-corrected chi connectivity index (χ3v) is 3.23. The van der Waals surface area contributed by atoms with Crippen LogP contribution in [0.15, 0.2) is 24.3 Å². The second-order valence-corrected chi connectivity index (χ2v) is 4.90. The molecule has 0 radical (unpaired) electrons. The summed E-state index contributed by atoms with van der Waals surface area (Å²) in [7, 11) is 4.04. The van der Waals surface area contributed by atoms with Gasteiger partial charge in [0.25, 0.3) is 0 Å². The third-order valence-electron chi connectivity index (χ3n) is 3.23. The minimum absolute atomic E-state index is 0.182. The van der Waals surface area contributed by atoms with Gasteiger partial charge in [-0.05, 0) is 25.0 Å². The maximum Gasteiger partial charge on any atom is 0.121 e. The van der Waals surface area contributed by atoms with Crippen molar-refractivity contribution in [2.75, 3.05) is 32.1 Å². The number of nitrogens with two attached hydrogens (primary N) is 1. The summed E-state index contributed by atoms with van der Waals surface area (Å²) in [5.41, 5.74) is 6.72. The molecule has 2 atom stereocenters. The molecule has 0 bridgehead atoms. The molecule has 4 heteroatoms. The van der Waals surface area contributed by atoms with Gasteiger partial charge in [-0.25, -0.2) is 0 Å². The molecule has 1 aliphatic rings. The van der Waals surface area contributed by atoms with Crippen LogP contribution in [0.2, 0.25) is 0 Å². The number of hydrogen-bond acceptors (Lipinski definition) is 4. The van der Waals surface area contributed by atoms with Crippen molar-refractivity contribution < 1.29 is 9.47 Å². The lowest BCUT2D eigenvalue weighted by Crippen LogP contribution is -2.23. The van der Waals surface area contributed by atoms with E-state index in [0.717, 1.165) is 24.3 Å². The number of anilines is 1. The molecule has 1 aromatic rings. The van der Waals surface area contributed by atoms with Gasteiger partial charge < -0.3 is 20.1 Å². The Morgan fingerprint density at radius 2 is 2.11 bits per heavy atom. The highest BCUT2D eigenvalue weighted by Crippen LogP contribution is 2.22. The number of nitrogens with zero attached hydrogens (tertiary/aromatic N) is 1. The predicted molar refractivity (Wildman–Crippen MR) is 73.2 cm³/mol. The maximum absolute atomic E-state index is 5.78. The molecule has 0 amide bonds. The minimum atomic E-state index is 0.182. The Morgan fingerprint density at radius 3 is 2.78 bits per heavy atom. The van der Waals surface area contributed by atoms with Gasteiger partial charge in [-0.15, -0.1) is 0 Å². The molecular weight excluding hydrogens is 228 g/mol. The van der Waals surface area contributed by atoms with E-state index >= 15 is 0 Å². The first kappa shape index (κ1) is 13.2. The molecule has 1 heterocycles. The van der Waals surface area contributed by atoms with Gasteiger partial charge in [0.1, 0.15) is 12.4 Å². The first-order valence-corrected chi connectivity index (χ1v) is 6.44. The van der Waals surface area contributed by atoms with Crippen molar-refractivity contribution >= 4 is 5.69 Å². The molecule has 0 aromatic heterocycles. The second kappa shape index (κ2) is 6.07. The van der Waals surface area contributed by atoms with Gasteiger partial charge in [-0.3, -0.25) is 0 Å². The highest BCUT2D eigenvalue weighted by Gasteiger charge is 2.24. The van der Waals surface area contributed by atoms with Gasteiger partial charge in [0.05, 0.1) is 12.2 Å². The van der Waals surface area contributed by atoms with Gasteiger partial charge in [0.2, 0.25) is 0 Å². The summed E-state index contributed by atoms with van der Waals surface area (Å²) in [5.74, 6) is 0.890. The molecule has 18 heavy (non-hydrogen) atoms. The molecule has 100 valence electrons. The Bertz CT molecular complexity index is 382. The Hall–Kier alpha value is -1.26. The first-order chi connectivity index (χ1) is 8.69. The number of benzene rings is 1. The van der Waals surface area contributed by atoms with E-state index < -0.39 is 0 Å². The quantitative estimate of drug-likeness (QED) is 0.863. The van der Waals surface area contributed by atoms with Crippen molar-refractivity contribution in [3.8, 4) is 5.75 Å². The monoisotopic (exact) mass is 250 g/mol. The largest absolute Gasteiger partial charge is 0.491 e. The van der Waals surface area contributed by atoms with Crippen LogP contribution in [0, 0.1) is 0 Å². The molecule has 0 spiro atoms. The Balaban J connectivity index is 1.85. The van der Waals surface area contributed by atoms with Crippen LogP contribution in [0.4, 0.5) is 5.69 Å². The fraction of sp³-hybridized carbons (Fsp3) is 0.571. The molecule has 1 saturated heterocycles. The van der Waals surface area contributed by atoms with Gasteiger partial charge >= 0.3 is 0 Å². The number of ether oxygens (including phenoxy) is 2. The van der Waals surface area contributed by atoms with Crippen molar-refractivity contribution in [3.63, 3.8) is 0 Å². The van der Waals surface area contributed by atoms with Crippen LogP contribution in [0.5, 0.6) is 5.75 Å². The first-order valence-electron chi connectivity index (χ1n) is 6.44. The molecule has 4 nitrogen and oxygen atoms in total. The summed E-state index contributed by atoms with van der Waals surface area (Å²) in [6, 6.07) is 8.07. The highest BCUT2D eigenvalue weighted by atomic mass is 16.5. The molecule has 2 rings (SSSR count).